The van der Waals surface area contributed by atoms with Gasteiger partial charge in [-0.3, -0.25) is 0 Å². The highest BCUT2D eigenvalue weighted by molar-refractivity contribution is 5.78. The van der Waals surface area contributed by atoms with Crippen LogP contribution < -0.4 is 5.73 Å². The lowest BCUT2D eigenvalue weighted by molar-refractivity contribution is -0.0940. The van der Waals surface area contributed by atoms with Gasteiger partial charge in [0.25, 0.3) is 0 Å². The van der Waals surface area contributed by atoms with Crippen molar-refractivity contribution < 1.29 is 9.47 Å². The first-order chi connectivity index (χ1) is 8.34. The van der Waals surface area contributed by atoms with E-state index in [2.05, 4.69) is 9.89 Å². The topological polar surface area (TPSA) is 60.1 Å². The van der Waals surface area contributed by atoms with Crippen molar-refractivity contribution in [1.82, 2.24) is 4.90 Å². The van der Waals surface area contributed by atoms with E-state index in [1.165, 1.54) is 12.8 Å². The molecule has 2 N–H and O–H groups in total. The molecule has 3 fully saturated rings. The van der Waals surface area contributed by atoms with Crippen LogP contribution in [0.4, 0.5) is 0 Å². The molecule has 5 nitrogen and oxygen atoms in total. The molecule has 2 heterocycles. The maximum atomic E-state index is 6.06. The normalized spacial score (nSPS) is 38.5. The Bertz CT molecular complexity index is 302. The number of ether oxygens (including phenoxy) is 2. The Morgan fingerprint density at radius 1 is 1.24 bits per heavy atom. The van der Waals surface area contributed by atoms with Crippen molar-refractivity contribution in [2.75, 3.05) is 32.9 Å². The van der Waals surface area contributed by atoms with Crippen molar-refractivity contribution in [1.29, 1.82) is 0 Å². The van der Waals surface area contributed by atoms with E-state index in [-0.39, 0.29) is 0 Å². The average molecular weight is 239 g/mol. The monoisotopic (exact) mass is 239 g/mol. The summed E-state index contributed by atoms with van der Waals surface area (Å²) in [6.45, 7) is 4.18. The molecule has 0 bridgehead atoms. The molecule has 2 saturated heterocycles. The molecule has 96 valence electrons. The number of nitrogens with zero attached hydrogens (tertiary/aromatic N) is 2. The Balaban J connectivity index is 1.57. The molecule has 1 aliphatic carbocycles. The molecule has 0 radical (unpaired) electrons. The van der Waals surface area contributed by atoms with Gasteiger partial charge in [-0.15, -0.1) is 0 Å². The van der Waals surface area contributed by atoms with Crippen LogP contribution in [0.15, 0.2) is 4.99 Å². The van der Waals surface area contributed by atoms with Crippen LogP contribution in [0.25, 0.3) is 0 Å². The second-order valence-electron chi connectivity index (χ2n) is 5.11. The smallest absolute Gasteiger partial charge is 0.191 e. The van der Waals surface area contributed by atoms with Gasteiger partial charge in [0.2, 0.25) is 0 Å². The van der Waals surface area contributed by atoms with Crippen molar-refractivity contribution in [3.8, 4) is 0 Å². The van der Waals surface area contributed by atoms with Crippen molar-refractivity contribution >= 4 is 5.96 Å². The van der Waals surface area contributed by atoms with Crippen LogP contribution in [0.2, 0.25) is 0 Å². The van der Waals surface area contributed by atoms with E-state index < -0.39 is 0 Å². The van der Waals surface area contributed by atoms with E-state index in [9.17, 15) is 0 Å². The summed E-state index contributed by atoms with van der Waals surface area (Å²) in [5, 5.41) is 0. The van der Waals surface area contributed by atoms with Crippen molar-refractivity contribution in [3.05, 3.63) is 0 Å². The molecule has 0 aromatic rings. The molecule has 1 saturated carbocycles. The van der Waals surface area contributed by atoms with Gasteiger partial charge in [-0.25, -0.2) is 4.99 Å². The van der Waals surface area contributed by atoms with Crippen LogP contribution in [-0.2, 0) is 9.47 Å². The van der Waals surface area contributed by atoms with Gasteiger partial charge >= 0.3 is 0 Å². The molecule has 2 aliphatic heterocycles. The summed E-state index contributed by atoms with van der Waals surface area (Å²) in [5.41, 5.74) is 6.06. The summed E-state index contributed by atoms with van der Waals surface area (Å²) in [5.74, 6) is 1.31. The molecule has 0 spiro atoms. The molecule has 3 atom stereocenters. The Hall–Kier alpha value is -0.810. The number of rotatable bonds is 1. The van der Waals surface area contributed by atoms with Gasteiger partial charge in [0.15, 0.2) is 5.96 Å². The molecule has 0 amide bonds. The average Bonchev–Trinajstić information content (AvgIpc) is 2.37. The molecule has 3 rings (SSSR count). The number of guanidine groups is 1. The summed E-state index contributed by atoms with van der Waals surface area (Å²) >= 11 is 0. The molecule has 0 aromatic heterocycles. The minimum Gasteiger partial charge on any atom is -0.378 e. The third kappa shape index (κ3) is 2.26. The summed E-state index contributed by atoms with van der Waals surface area (Å²) in [4.78, 5) is 6.80. The highest BCUT2D eigenvalue weighted by Gasteiger charge is 2.43. The summed E-state index contributed by atoms with van der Waals surface area (Å²) in [6, 6.07) is 0.392. The van der Waals surface area contributed by atoms with E-state index in [0.717, 1.165) is 39.3 Å². The third-order valence-electron chi connectivity index (χ3n) is 4.09. The Labute approximate surface area is 102 Å². The van der Waals surface area contributed by atoms with Crippen LogP contribution in [-0.4, -0.2) is 55.9 Å². The number of morpholine rings is 1. The van der Waals surface area contributed by atoms with Gasteiger partial charge in [-0.1, -0.05) is 0 Å². The molecule has 0 unspecified atom stereocenters. The Morgan fingerprint density at radius 2 is 2.06 bits per heavy atom. The Morgan fingerprint density at radius 3 is 2.82 bits per heavy atom. The minimum absolute atomic E-state index is 0.392. The van der Waals surface area contributed by atoms with Gasteiger partial charge < -0.3 is 20.1 Å². The number of aliphatic imine (C=N–C) groups is 1. The molecular weight excluding hydrogens is 218 g/mol. The largest absolute Gasteiger partial charge is 0.378 e. The minimum atomic E-state index is 0.392. The van der Waals surface area contributed by atoms with E-state index in [4.69, 9.17) is 15.2 Å². The van der Waals surface area contributed by atoms with Crippen LogP contribution in [0.1, 0.15) is 19.3 Å². The molecule has 17 heavy (non-hydrogen) atoms. The summed E-state index contributed by atoms with van der Waals surface area (Å²) in [6.07, 6.45) is 3.92. The number of fused-ring (bicyclic) bond motifs is 1. The zero-order valence-electron chi connectivity index (χ0n) is 10.2. The fourth-order valence-electron chi connectivity index (χ4n) is 2.96. The Kier molecular flexibility index (Phi) is 3.20. The molecule has 5 heteroatoms. The second kappa shape index (κ2) is 4.82. The van der Waals surface area contributed by atoms with Crippen molar-refractivity contribution in [2.45, 2.75) is 31.4 Å². The van der Waals surface area contributed by atoms with Gasteiger partial charge in [-0.2, -0.15) is 0 Å². The quantitative estimate of drug-likeness (QED) is 0.524. The van der Waals surface area contributed by atoms with E-state index in [0.29, 0.717) is 24.0 Å². The summed E-state index contributed by atoms with van der Waals surface area (Å²) in [7, 11) is 0. The van der Waals surface area contributed by atoms with Gasteiger partial charge in [-0.05, 0) is 19.3 Å². The molecule has 0 aromatic carbocycles. The lowest BCUT2D eigenvalue weighted by atomic mass is 9.73. The first-order valence-electron chi connectivity index (χ1n) is 6.62. The zero-order chi connectivity index (χ0) is 11.7. The number of hydrogen-bond donors (Lipinski definition) is 1. The van der Waals surface area contributed by atoms with Crippen LogP contribution in [0, 0.1) is 5.92 Å². The van der Waals surface area contributed by atoms with Crippen molar-refractivity contribution in [2.24, 2.45) is 16.6 Å². The maximum absolute atomic E-state index is 6.06. The van der Waals surface area contributed by atoms with Crippen LogP contribution in [0.3, 0.4) is 0 Å². The lowest BCUT2D eigenvalue weighted by Gasteiger charge is -2.45. The predicted octanol–water partition coefficient (Wildman–Crippen LogP) is 0.201. The van der Waals surface area contributed by atoms with Gasteiger partial charge in [0.05, 0.1) is 25.4 Å². The number of hydrogen-bond acceptors (Lipinski definition) is 3. The highest BCUT2D eigenvalue weighted by Crippen LogP contribution is 2.39. The lowest BCUT2D eigenvalue weighted by Crippen LogP contribution is -2.51. The van der Waals surface area contributed by atoms with Crippen LogP contribution >= 0.6 is 0 Å². The maximum Gasteiger partial charge on any atom is 0.191 e. The highest BCUT2D eigenvalue weighted by atomic mass is 16.5. The first-order valence-corrected chi connectivity index (χ1v) is 6.62. The standard InChI is InChI=1S/C12H21N3O2/c13-12(15-3-6-16-7-4-15)14-10-8-11-9(10)2-1-5-17-11/h9-11H,1-8H2,(H2,13,14)/t9-,10+,11+/m0/s1. The zero-order valence-corrected chi connectivity index (χ0v) is 10.2. The van der Waals surface area contributed by atoms with Crippen molar-refractivity contribution in [3.63, 3.8) is 0 Å². The van der Waals surface area contributed by atoms with E-state index in [1.807, 2.05) is 0 Å². The first kappa shape index (κ1) is 11.3. The third-order valence-corrected chi connectivity index (χ3v) is 4.09. The van der Waals surface area contributed by atoms with E-state index >= 15 is 0 Å². The SMILES string of the molecule is NC(=N[C@@H]1C[C@H]2OCCC[C@@H]12)N1CCOCC1. The van der Waals surface area contributed by atoms with E-state index in [1.54, 1.807) is 0 Å². The molecular formula is C12H21N3O2. The van der Waals surface area contributed by atoms with Gasteiger partial charge in [0, 0.05) is 25.6 Å². The fourth-order valence-corrected chi connectivity index (χ4v) is 2.96. The second-order valence-corrected chi connectivity index (χ2v) is 5.11. The van der Waals surface area contributed by atoms with Crippen LogP contribution in [0.5, 0.6) is 0 Å². The predicted molar refractivity (Wildman–Crippen MR) is 64.9 cm³/mol. The molecule has 3 aliphatic rings. The fraction of sp³-hybridized carbons (Fsp3) is 0.917. The number of nitrogens with two attached hydrogens (primary N) is 1. The van der Waals surface area contributed by atoms with Gasteiger partial charge in [0.1, 0.15) is 0 Å². The summed E-state index contributed by atoms with van der Waals surface area (Å²) < 4.78 is 11.0.